The van der Waals surface area contributed by atoms with Crippen LogP contribution in [0.25, 0.3) is 11.0 Å². The molecule has 116 valence electrons. The maximum absolute atomic E-state index is 12.6. The molecule has 2 fully saturated rings. The van der Waals surface area contributed by atoms with Crippen molar-refractivity contribution in [2.75, 3.05) is 26.2 Å². The minimum absolute atomic E-state index is 0.175. The summed E-state index contributed by atoms with van der Waals surface area (Å²) in [5.41, 5.74) is 1.86. The highest BCUT2D eigenvalue weighted by molar-refractivity contribution is 5.86. The Morgan fingerprint density at radius 1 is 1.27 bits per heavy atom. The molecule has 5 nitrogen and oxygen atoms in total. The summed E-state index contributed by atoms with van der Waals surface area (Å²) in [6, 6.07) is 7.72. The van der Waals surface area contributed by atoms with Crippen molar-refractivity contribution in [3.05, 3.63) is 30.0 Å². The number of likely N-dealkylation sites (tertiary alicyclic amines) is 1. The molecule has 2 aliphatic rings. The van der Waals surface area contributed by atoms with E-state index in [-0.39, 0.29) is 5.91 Å². The second-order valence-corrected chi connectivity index (χ2v) is 6.62. The fraction of sp³-hybridized carbons (Fsp3) is 0.529. The summed E-state index contributed by atoms with van der Waals surface area (Å²) in [4.78, 5) is 14.6. The predicted octanol–water partition coefficient (Wildman–Crippen LogP) is 1.97. The smallest absolute Gasteiger partial charge is 0.228 e. The summed E-state index contributed by atoms with van der Waals surface area (Å²) in [5.74, 6) is 0.175. The van der Waals surface area contributed by atoms with Gasteiger partial charge in [0.1, 0.15) is 5.69 Å². The zero-order valence-corrected chi connectivity index (χ0v) is 12.7. The van der Waals surface area contributed by atoms with Crippen LogP contribution < -0.4 is 5.32 Å². The lowest BCUT2D eigenvalue weighted by Crippen LogP contribution is -2.40. The Morgan fingerprint density at radius 3 is 2.95 bits per heavy atom. The highest BCUT2D eigenvalue weighted by Crippen LogP contribution is 2.38. The number of amides is 1. The van der Waals surface area contributed by atoms with E-state index in [1.165, 1.54) is 12.8 Å². The molecular formula is C17H21N3O2. The van der Waals surface area contributed by atoms with Gasteiger partial charge in [0.05, 0.1) is 6.42 Å². The fourth-order valence-corrected chi connectivity index (χ4v) is 3.83. The minimum Gasteiger partial charge on any atom is -0.356 e. The highest BCUT2D eigenvalue weighted by Gasteiger charge is 2.40. The number of nitrogens with one attached hydrogen (secondary N) is 1. The summed E-state index contributed by atoms with van der Waals surface area (Å²) < 4.78 is 5.29. The first-order valence-corrected chi connectivity index (χ1v) is 8.08. The van der Waals surface area contributed by atoms with Crippen molar-refractivity contribution in [2.45, 2.75) is 25.7 Å². The van der Waals surface area contributed by atoms with Gasteiger partial charge < -0.3 is 14.7 Å². The van der Waals surface area contributed by atoms with Gasteiger partial charge in [-0.15, -0.1) is 0 Å². The number of para-hydroxylation sites is 1. The number of nitrogens with zero attached hydrogens (tertiary/aromatic N) is 2. The van der Waals surface area contributed by atoms with Crippen LogP contribution in [0, 0.1) is 5.41 Å². The molecule has 2 saturated heterocycles. The van der Waals surface area contributed by atoms with Crippen LogP contribution >= 0.6 is 0 Å². The van der Waals surface area contributed by atoms with Crippen LogP contribution in [0.3, 0.4) is 0 Å². The number of hydrogen-bond donors (Lipinski definition) is 1. The molecule has 0 radical (unpaired) electrons. The lowest BCUT2D eigenvalue weighted by atomic mass is 9.78. The van der Waals surface area contributed by atoms with Crippen LogP contribution in [0.1, 0.15) is 25.0 Å². The molecular weight excluding hydrogens is 278 g/mol. The van der Waals surface area contributed by atoms with Crippen LogP contribution in [-0.4, -0.2) is 42.1 Å². The molecule has 2 aromatic rings. The van der Waals surface area contributed by atoms with E-state index < -0.39 is 0 Å². The zero-order valence-electron chi connectivity index (χ0n) is 12.7. The van der Waals surface area contributed by atoms with Gasteiger partial charge in [0.25, 0.3) is 0 Å². The molecule has 0 unspecified atom stereocenters. The van der Waals surface area contributed by atoms with Crippen molar-refractivity contribution >= 4 is 16.9 Å². The molecule has 1 N–H and O–H groups in total. The molecule has 0 aliphatic carbocycles. The van der Waals surface area contributed by atoms with Gasteiger partial charge in [0, 0.05) is 18.5 Å². The highest BCUT2D eigenvalue weighted by atomic mass is 16.5. The summed E-state index contributed by atoms with van der Waals surface area (Å²) in [5, 5.41) is 8.44. The van der Waals surface area contributed by atoms with E-state index in [1.54, 1.807) is 0 Å². The van der Waals surface area contributed by atoms with E-state index in [1.807, 2.05) is 29.2 Å². The molecule has 0 atom stereocenters. The molecule has 3 heterocycles. The van der Waals surface area contributed by atoms with Crippen molar-refractivity contribution in [1.29, 1.82) is 0 Å². The monoisotopic (exact) mass is 299 g/mol. The Labute approximate surface area is 129 Å². The Hall–Kier alpha value is -1.88. The Balaban J connectivity index is 1.46. The fourth-order valence-electron chi connectivity index (χ4n) is 3.83. The average Bonchev–Trinajstić information content (AvgIpc) is 3.14. The molecule has 1 aromatic heterocycles. The number of hydrogen-bond acceptors (Lipinski definition) is 4. The number of carbonyl (C=O) groups is 1. The molecule has 22 heavy (non-hydrogen) atoms. The molecule has 5 heteroatoms. The number of aromatic nitrogens is 1. The van der Waals surface area contributed by atoms with Gasteiger partial charge >= 0.3 is 0 Å². The van der Waals surface area contributed by atoms with E-state index in [0.29, 0.717) is 11.8 Å². The van der Waals surface area contributed by atoms with Crippen molar-refractivity contribution in [3.8, 4) is 0 Å². The zero-order chi connectivity index (χ0) is 15.0. The Bertz CT molecular complexity index is 688. The van der Waals surface area contributed by atoms with Gasteiger partial charge in [-0.1, -0.05) is 17.3 Å². The third kappa shape index (κ3) is 2.39. The largest absolute Gasteiger partial charge is 0.356 e. The van der Waals surface area contributed by atoms with Gasteiger partial charge in [-0.3, -0.25) is 4.79 Å². The normalized spacial score (nSPS) is 20.8. The van der Waals surface area contributed by atoms with Gasteiger partial charge in [-0.05, 0) is 49.9 Å². The first-order valence-electron chi connectivity index (χ1n) is 8.08. The number of fused-ring (bicyclic) bond motifs is 1. The maximum atomic E-state index is 12.6. The van der Waals surface area contributed by atoms with Crippen molar-refractivity contribution < 1.29 is 9.32 Å². The van der Waals surface area contributed by atoms with Gasteiger partial charge in [0.15, 0.2) is 5.58 Å². The minimum atomic E-state index is 0.175. The van der Waals surface area contributed by atoms with Gasteiger partial charge in [-0.25, -0.2) is 0 Å². The van der Waals surface area contributed by atoms with E-state index in [0.717, 1.165) is 49.3 Å². The third-order valence-electron chi connectivity index (χ3n) is 5.23. The van der Waals surface area contributed by atoms with Crippen molar-refractivity contribution in [2.24, 2.45) is 5.41 Å². The lowest BCUT2D eigenvalue weighted by Gasteiger charge is -2.33. The van der Waals surface area contributed by atoms with E-state index in [4.69, 9.17) is 4.52 Å². The summed E-state index contributed by atoms with van der Waals surface area (Å²) in [6.07, 6.45) is 3.85. The van der Waals surface area contributed by atoms with Gasteiger partial charge in [0.2, 0.25) is 5.91 Å². The molecule has 1 spiro atoms. The first-order chi connectivity index (χ1) is 10.8. The van der Waals surface area contributed by atoms with Crippen molar-refractivity contribution in [1.82, 2.24) is 15.4 Å². The summed E-state index contributed by atoms with van der Waals surface area (Å²) in [6.45, 7) is 3.95. The predicted molar refractivity (Wildman–Crippen MR) is 83.4 cm³/mol. The number of benzene rings is 1. The second-order valence-electron chi connectivity index (χ2n) is 6.62. The number of piperidine rings is 1. The van der Waals surface area contributed by atoms with Crippen LogP contribution in [0.4, 0.5) is 0 Å². The standard InChI is InChI=1S/C17H21N3O2/c21-16(11-14-13-3-1-2-4-15(13)22-19-14)20-10-7-17(12-20)5-8-18-9-6-17/h1-4,18H,5-12H2. The quantitative estimate of drug-likeness (QED) is 0.921. The lowest BCUT2D eigenvalue weighted by molar-refractivity contribution is -0.130. The molecule has 0 saturated carbocycles. The molecule has 0 bridgehead atoms. The van der Waals surface area contributed by atoms with Crippen LogP contribution in [0.15, 0.2) is 28.8 Å². The molecule has 4 rings (SSSR count). The second kappa shape index (κ2) is 5.39. The third-order valence-corrected chi connectivity index (χ3v) is 5.23. The number of rotatable bonds is 2. The maximum Gasteiger partial charge on any atom is 0.228 e. The van der Waals surface area contributed by atoms with E-state index in [9.17, 15) is 4.79 Å². The molecule has 1 amide bonds. The van der Waals surface area contributed by atoms with Crippen LogP contribution in [0.5, 0.6) is 0 Å². The average molecular weight is 299 g/mol. The van der Waals surface area contributed by atoms with Gasteiger partial charge in [-0.2, -0.15) is 0 Å². The van der Waals surface area contributed by atoms with E-state index in [2.05, 4.69) is 10.5 Å². The van der Waals surface area contributed by atoms with Crippen molar-refractivity contribution in [3.63, 3.8) is 0 Å². The molecule has 1 aromatic carbocycles. The summed E-state index contributed by atoms with van der Waals surface area (Å²) >= 11 is 0. The van der Waals surface area contributed by atoms with Crippen LogP contribution in [-0.2, 0) is 11.2 Å². The Morgan fingerprint density at radius 2 is 2.09 bits per heavy atom. The van der Waals surface area contributed by atoms with E-state index >= 15 is 0 Å². The number of carbonyl (C=O) groups excluding carboxylic acids is 1. The SMILES string of the molecule is O=C(Cc1noc2ccccc12)N1CCC2(CCNCC2)C1. The topological polar surface area (TPSA) is 58.4 Å². The summed E-state index contributed by atoms with van der Waals surface area (Å²) in [7, 11) is 0. The van der Waals surface area contributed by atoms with Crippen LogP contribution in [0.2, 0.25) is 0 Å². The molecule has 2 aliphatic heterocycles. The first kappa shape index (κ1) is 13.8. The Kier molecular flexibility index (Phi) is 3.37.